The Morgan fingerprint density at radius 3 is 1.00 bits per heavy atom. The van der Waals surface area contributed by atoms with Gasteiger partial charge in [-0.1, -0.05) is 11.8 Å². The van der Waals surface area contributed by atoms with E-state index >= 15 is 0 Å². The highest BCUT2D eigenvalue weighted by Crippen LogP contribution is 2.52. The molecular formula is C12H22N4S. The van der Waals surface area contributed by atoms with Crippen molar-refractivity contribution in [1.82, 2.24) is 19.6 Å². The van der Waals surface area contributed by atoms with E-state index in [4.69, 9.17) is 0 Å². The van der Waals surface area contributed by atoms with E-state index < -0.39 is 0 Å². The third-order valence-corrected chi connectivity index (χ3v) is 6.33. The Labute approximate surface area is 108 Å². The van der Waals surface area contributed by atoms with Gasteiger partial charge in [0.1, 0.15) is 9.99 Å². The molecule has 0 aromatic carbocycles. The van der Waals surface area contributed by atoms with Gasteiger partial charge in [0.2, 0.25) is 0 Å². The third-order valence-electron chi connectivity index (χ3n) is 4.52. The molecule has 0 N–H and O–H groups in total. The van der Waals surface area contributed by atoms with E-state index in [9.17, 15) is 0 Å². The standard InChI is InChI=1S/C12H22N4S/c1-11(13-3-4-13,14-5-6-14)17-12(2,15-7-8-15)16-9-10-16/h3-10H2,1-2H3. The molecule has 0 spiro atoms. The van der Waals surface area contributed by atoms with Crippen LogP contribution in [0.1, 0.15) is 13.8 Å². The number of rotatable bonds is 6. The van der Waals surface area contributed by atoms with Gasteiger partial charge < -0.3 is 0 Å². The van der Waals surface area contributed by atoms with Crippen LogP contribution in [0.5, 0.6) is 0 Å². The summed E-state index contributed by atoms with van der Waals surface area (Å²) in [6.07, 6.45) is 0. The van der Waals surface area contributed by atoms with Crippen molar-refractivity contribution in [2.24, 2.45) is 0 Å². The van der Waals surface area contributed by atoms with E-state index in [2.05, 4.69) is 45.2 Å². The fraction of sp³-hybridized carbons (Fsp3) is 1.00. The molecule has 0 atom stereocenters. The van der Waals surface area contributed by atoms with Gasteiger partial charge in [-0.15, -0.1) is 0 Å². The highest BCUT2D eigenvalue weighted by Gasteiger charge is 2.57. The molecule has 0 amide bonds. The van der Waals surface area contributed by atoms with Crippen LogP contribution < -0.4 is 0 Å². The number of nitrogens with zero attached hydrogens (tertiary/aromatic N) is 4. The van der Waals surface area contributed by atoms with E-state index in [1.165, 1.54) is 52.4 Å². The molecule has 4 aliphatic rings. The summed E-state index contributed by atoms with van der Waals surface area (Å²) in [6.45, 7) is 15.2. The molecule has 0 bridgehead atoms. The van der Waals surface area contributed by atoms with Crippen LogP contribution in [0.3, 0.4) is 0 Å². The van der Waals surface area contributed by atoms with Gasteiger partial charge >= 0.3 is 0 Å². The van der Waals surface area contributed by atoms with E-state index in [0.29, 0.717) is 0 Å². The van der Waals surface area contributed by atoms with Crippen LogP contribution in [-0.4, -0.2) is 81.9 Å². The fourth-order valence-electron chi connectivity index (χ4n) is 2.88. The minimum atomic E-state index is 0.250. The van der Waals surface area contributed by atoms with Gasteiger partial charge in [0.15, 0.2) is 0 Å². The van der Waals surface area contributed by atoms with E-state index in [-0.39, 0.29) is 9.99 Å². The summed E-state index contributed by atoms with van der Waals surface area (Å²) >= 11 is 2.18. The van der Waals surface area contributed by atoms with Crippen LogP contribution in [0.2, 0.25) is 0 Å². The normalized spacial score (nSPS) is 30.7. The molecule has 17 heavy (non-hydrogen) atoms. The van der Waals surface area contributed by atoms with Gasteiger partial charge in [-0.05, 0) is 13.8 Å². The topological polar surface area (TPSA) is 12.0 Å². The highest BCUT2D eigenvalue weighted by molar-refractivity contribution is 8.01. The van der Waals surface area contributed by atoms with Crippen LogP contribution in [0, 0.1) is 0 Å². The first-order chi connectivity index (χ1) is 8.13. The molecular weight excluding hydrogens is 232 g/mol. The number of thioether (sulfide) groups is 1. The van der Waals surface area contributed by atoms with Gasteiger partial charge in [0.05, 0.1) is 0 Å². The summed E-state index contributed by atoms with van der Waals surface area (Å²) < 4.78 is 0. The lowest BCUT2D eigenvalue weighted by molar-refractivity contribution is 0.191. The molecule has 4 heterocycles. The summed E-state index contributed by atoms with van der Waals surface area (Å²) in [4.78, 5) is 11.0. The second-order valence-electron chi connectivity index (χ2n) is 5.92. The van der Waals surface area contributed by atoms with E-state index in [1.807, 2.05) is 0 Å². The summed E-state index contributed by atoms with van der Waals surface area (Å²) in [5, 5.41) is 0. The fourth-order valence-corrected chi connectivity index (χ4v) is 4.86. The van der Waals surface area contributed by atoms with Crippen molar-refractivity contribution in [3.8, 4) is 0 Å². The third kappa shape index (κ3) is 1.83. The Balaban J connectivity index is 1.56. The second-order valence-corrected chi connectivity index (χ2v) is 7.67. The van der Waals surface area contributed by atoms with E-state index in [1.54, 1.807) is 0 Å². The van der Waals surface area contributed by atoms with Crippen molar-refractivity contribution >= 4 is 11.8 Å². The molecule has 0 aromatic rings. The predicted molar refractivity (Wildman–Crippen MR) is 70.7 cm³/mol. The lowest BCUT2D eigenvalue weighted by atomic mass is 10.5. The molecule has 5 heteroatoms. The maximum absolute atomic E-state index is 2.62. The lowest BCUT2D eigenvalue weighted by Crippen LogP contribution is -2.49. The van der Waals surface area contributed by atoms with Crippen molar-refractivity contribution in [3.05, 3.63) is 0 Å². The molecule has 0 radical (unpaired) electrons. The Morgan fingerprint density at radius 1 is 0.588 bits per heavy atom. The molecule has 0 saturated carbocycles. The van der Waals surface area contributed by atoms with Crippen LogP contribution in [0.4, 0.5) is 0 Å². The molecule has 4 nitrogen and oxygen atoms in total. The Morgan fingerprint density at radius 2 is 0.824 bits per heavy atom. The first kappa shape index (κ1) is 11.1. The maximum Gasteiger partial charge on any atom is 0.122 e. The van der Waals surface area contributed by atoms with Crippen LogP contribution >= 0.6 is 11.8 Å². The van der Waals surface area contributed by atoms with Crippen molar-refractivity contribution in [2.75, 3.05) is 52.4 Å². The highest BCUT2D eigenvalue weighted by atomic mass is 32.2. The second kappa shape index (κ2) is 3.39. The van der Waals surface area contributed by atoms with Crippen LogP contribution in [-0.2, 0) is 0 Å². The van der Waals surface area contributed by atoms with Gasteiger partial charge in [0, 0.05) is 52.4 Å². The van der Waals surface area contributed by atoms with E-state index in [0.717, 1.165) is 0 Å². The first-order valence-corrected chi connectivity index (χ1v) is 7.65. The summed E-state index contributed by atoms with van der Waals surface area (Å²) in [6, 6.07) is 0. The van der Waals surface area contributed by atoms with Crippen LogP contribution in [0.25, 0.3) is 0 Å². The maximum atomic E-state index is 2.62. The van der Waals surface area contributed by atoms with Crippen molar-refractivity contribution in [1.29, 1.82) is 0 Å². The molecule has 0 aliphatic carbocycles. The minimum Gasteiger partial charge on any atom is -0.274 e. The molecule has 0 aromatic heterocycles. The monoisotopic (exact) mass is 254 g/mol. The largest absolute Gasteiger partial charge is 0.274 e. The van der Waals surface area contributed by atoms with Gasteiger partial charge in [-0.3, -0.25) is 19.6 Å². The van der Waals surface area contributed by atoms with Crippen molar-refractivity contribution in [2.45, 2.75) is 23.8 Å². The summed E-state index contributed by atoms with van der Waals surface area (Å²) in [5.74, 6) is 0. The minimum absolute atomic E-state index is 0.250. The number of hydrogen-bond acceptors (Lipinski definition) is 5. The smallest absolute Gasteiger partial charge is 0.122 e. The summed E-state index contributed by atoms with van der Waals surface area (Å²) in [5.41, 5.74) is 0. The average Bonchev–Trinajstić information content (AvgIpc) is 3.17. The summed E-state index contributed by atoms with van der Waals surface area (Å²) in [7, 11) is 0. The molecule has 4 rings (SSSR count). The van der Waals surface area contributed by atoms with Crippen molar-refractivity contribution in [3.63, 3.8) is 0 Å². The lowest BCUT2D eigenvalue weighted by Gasteiger charge is -2.42. The molecule has 96 valence electrons. The zero-order chi connectivity index (χ0) is 11.7. The first-order valence-electron chi connectivity index (χ1n) is 6.83. The van der Waals surface area contributed by atoms with Gasteiger partial charge in [-0.2, -0.15) is 0 Å². The predicted octanol–water partition coefficient (Wildman–Crippen LogP) is 0.329. The van der Waals surface area contributed by atoms with Gasteiger partial charge in [0.25, 0.3) is 0 Å². The Kier molecular flexibility index (Phi) is 2.20. The quantitative estimate of drug-likeness (QED) is 0.631. The SMILES string of the molecule is CC(SC(C)(N1CC1)N1CC1)(N1CC1)N1CC1. The Hall–Kier alpha value is 0.190. The molecule has 4 fully saturated rings. The van der Waals surface area contributed by atoms with Crippen LogP contribution in [0.15, 0.2) is 0 Å². The molecule has 4 aliphatic heterocycles. The molecule has 4 saturated heterocycles. The zero-order valence-corrected chi connectivity index (χ0v) is 11.7. The Bertz CT molecular complexity index is 275. The molecule has 0 unspecified atom stereocenters. The number of hydrogen-bond donors (Lipinski definition) is 0. The zero-order valence-electron chi connectivity index (χ0n) is 10.9. The van der Waals surface area contributed by atoms with Gasteiger partial charge in [-0.25, -0.2) is 0 Å². The van der Waals surface area contributed by atoms with Crippen molar-refractivity contribution < 1.29 is 0 Å². The average molecular weight is 254 g/mol.